The molecule has 0 aromatic heterocycles. The Morgan fingerprint density at radius 2 is 2.00 bits per heavy atom. The Morgan fingerprint density at radius 1 is 1.40 bits per heavy atom. The Hall–Kier alpha value is -1.18. The van der Waals surface area contributed by atoms with Crippen LogP contribution in [-0.2, 0) is 9.59 Å². The summed E-state index contributed by atoms with van der Waals surface area (Å²) in [6.07, 6.45) is 4.59. The first-order valence-corrected chi connectivity index (χ1v) is 5.31. The van der Waals surface area contributed by atoms with Gasteiger partial charge in [0.15, 0.2) is 11.6 Å². The predicted octanol–water partition coefficient (Wildman–Crippen LogP) is 2.84. The molecule has 1 aliphatic rings. The average Bonchev–Trinajstić information content (AvgIpc) is 2.12. The van der Waals surface area contributed by atoms with Gasteiger partial charge in [0, 0.05) is 12.0 Å². The minimum Gasteiger partial charge on any atom is -0.295 e. The number of carbonyl (C=O) groups is 2. The molecule has 0 aliphatic heterocycles. The van der Waals surface area contributed by atoms with E-state index in [0.29, 0.717) is 17.6 Å². The van der Waals surface area contributed by atoms with Crippen LogP contribution in [0.3, 0.4) is 0 Å². The molecule has 0 saturated carbocycles. The topological polar surface area (TPSA) is 34.1 Å². The fourth-order valence-corrected chi connectivity index (χ4v) is 2.14. The standard InChI is InChI=1S/C13H18O2/c1-5-6-11(15)12-9(2)10(14)7-8-13(12,3)4/h5-6H,7-8H2,1-4H3. The van der Waals surface area contributed by atoms with E-state index in [1.165, 1.54) is 0 Å². The molecule has 0 bridgehead atoms. The lowest BCUT2D eigenvalue weighted by atomic mass is 9.71. The molecule has 1 aliphatic carbocycles. The molecule has 0 aromatic rings. The monoisotopic (exact) mass is 206 g/mol. The highest BCUT2D eigenvalue weighted by Crippen LogP contribution is 2.39. The SMILES string of the molecule is CC=CC(=O)C1=C(C)C(=O)CCC1(C)C. The first kappa shape index (κ1) is 11.9. The lowest BCUT2D eigenvalue weighted by molar-refractivity contribution is -0.119. The smallest absolute Gasteiger partial charge is 0.182 e. The highest BCUT2D eigenvalue weighted by atomic mass is 16.1. The van der Waals surface area contributed by atoms with Crippen LogP contribution in [0.15, 0.2) is 23.3 Å². The number of hydrogen-bond acceptors (Lipinski definition) is 2. The van der Waals surface area contributed by atoms with Crippen LogP contribution in [0.5, 0.6) is 0 Å². The summed E-state index contributed by atoms with van der Waals surface area (Å²) < 4.78 is 0. The van der Waals surface area contributed by atoms with Gasteiger partial charge in [0.1, 0.15) is 0 Å². The molecular formula is C13H18O2. The van der Waals surface area contributed by atoms with E-state index >= 15 is 0 Å². The maximum atomic E-state index is 11.9. The number of rotatable bonds is 2. The molecule has 0 N–H and O–H groups in total. The van der Waals surface area contributed by atoms with Crippen molar-refractivity contribution in [3.05, 3.63) is 23.3 Å². The van der Waals surface area contributed by atoms with E-state index < -0.39 is 0 Å². The van der Waals surface area contributed by atoms with Crippen molar-refractivity contribution in [2.45, 2.75) is 40.5 Å². The van der Waals surface area contributed by atoms with Gasteiger partial charge in [-0.25, -0.2) is 0 Å². The van der Waals surface area contributed by atoms with Crippen molar-refractivity contribution in [2.75, 3.05) is 0 Å². The van der Waals surface area contributed by atoms with Crippen molar-refractivity contribution in [1.29, 1.82) is 0 Å². The summed E-state index contributed by atoms with van der Waals surface area (Å²) in [5, 5.41) is 0. The average molecular weight is 206 g/mol. The number of ketones is 2. The Kier molecular flexibility index (Phi) is 3.28. The molecule has 0 fully saturated rings. The van der Waals surface area contributed by atoms with Crippen molar-refractivity contribution in [3.8, 4) is 0 Å². The summed E-state index contributed by atoms with van der Waals surface area (Å²) in [6, 6.07) is 0. The maximum absolute atomic E-state index is 11.9. The summed E-state index contributed by atoms with van der Waals surface area (Å²) in [6.45, 7) is 7.63. The summed E-state index contributed by atoms with van der Waals surface area (Å²) in [5.74, 6) is 0.0928. The van der Waals surface area contributed by atoms with Crippen LogP contribution in [0.25, 0.3) is 0 Å². The summed E-state index contributed by atoms with van der Waals surface area (Å²) in [4.78, 5) is 23.4. The number of carbonyl (C=O) groups excluding carboxylic acids is 2. The van der Waals surface area contributed by atoms with Gasteiger partial charge in [-0.1, -0.05) is 19.9 Å². The molecule has 0 radical (unpaired) electrons. The molecule has 2 heteroatoms. The first-order valence-electron chi connectivity index (χ1n) is 5.31. The minimum atomic E-state index is -0.172. The lowest BCUT2D eigenvalue weighted by Gasteiger charge is -2.32. The van der Waals surface area contributed by atoms with E-state index in [4.69, 9.17) is 0 Å². The largest absolute Gasteiger partial charge is 0.295 e. The van der Waals surface area contributed by atoms with E-state index in [0.717, 1.165) is 6.42 Å². The highest BCUT2D eigenvalue weighted by Gasteiger charge is 2.35. The first-order chi connectivity index (χ1) is 6.90. The molecule has 0 aromatic carbocycles. The maximum Gasteiger partial charge on any atom is 0.182 e. The van der Waals surface area contributed by atoms with Crippen molar-refractivity contribution in [3.63, 3.8) is 0 Å². The molecule has 0 unspecified atom stereocenters. The van der Waals surface area contributed by atoms with Gasteiger partial charge in [-0.05, 0) is 37.3 Å². The Bertz CT molecular complexity index is 357. The van der Waals surface area contributed by atoms with Gasteiger partial charge in [-0.15, -0.1) is 0 Å². The zero-order valence-electron chi connectivity index (χ0n) is 9.89. The molecule has 1 rings (SSSR count). The van der Waals surface area contributed by atoms with Crippen molar-refractivity contribution in [2.24, 2.45) is 5.41 Å². The van der Waals surface area contributed by atoms with E-state index in [9.17, 15) is 9.59 Å². The molecule has 0 heterocycles. The molecule has 82 valence electrons. The molecule has 0 amide bonds. The Balaban J connectivity index is 3.24. The number of hydrogen-bond donors (Lipinski definition) is 0. The Labute approximate surface area is 91.1 Å². The molecule has 0 saturated heterocycles. The normalized spacial score (nSPS) is 21.2. The second-order valence-electron chi connectivity index (χ2n) is 4.67. The van der Waals surface area contributed by atoms with Crippen LogP contribution < -0.4 is 0 Å². The van der Waals surface area contributed by atoms with Gasteiger partial charge < -0.3 is 0 Å². The minimum absolute atomic E-state index is 0.0203. The predicted molar refractivity (Wildman–Crippen MR) is 60.5 cm³/mol. The third-order valence-electron chi connectivity index (χ3n) is 3.01. The summed E-state index contributed by atoms with van der Waals surface area (Å²) in [7, 11) is 0. The molecule has 15 heavy (non-hydrogen) atoms. The summed E-state index contributed by atoms with van der Waals surface area (Å²) in [5.41, 5.74) is 1.17. The van der Waals surface area contributed by atoms with Crippen molar-refractivity contribution < 1.29 is 9.59 Å². The van der Waals surface area contributed by atoms with E-state index in [2.05, 4.69) is 0 Å². The fraction of sp³-hybridized carbons (Fsp3) is 0.538. The Morgan fingerprint density at radius 3 is 2.53 bits per heavy atom. The number of allylic oxidation sites excluding steroid dienone is 4. The van der Waals surface area contributed by atoms with Gasteiger partial charge in [0.2, 0.25) is 0 Å². The molecular weight excluding hydrogens is 188 g/mol. The van der Waals surface area contributed by atoms with E-state index in [1.807, 2.05) is 20.8 Å². The third-order valence-corrected chi connectivity index (χ3v) is 3.01. The third kappa shape index (κ3) is 2.25. The van der Waals surface area contributed by atoms with Crippen LogP contribution in [0.2, 0.25) is 0 Å². The molecule has 0 atom stereocenters. The van der Waals surface area contributed by atoms with Gasteiger partial charge in [-0.2, -0.15) is 0 Å². The fourth-order valence-electron chi connectivity index (χ4n) is 2.14. The van der Waals surface area contributed by atoms with Crippen LogP contribution in [-0.4, -0.2) is 11.6 Å². The van der Waals surface area contributed by atoms with E-state index in [-0.39, 0.29) is 17.0 Å². The second kappa shape index (κ2) is 4.13. The quantitative estimate of drug-likeness (QED) is 0.651. The van der Waals surface area contributed by atoms with Crippen LogP contribution in [0, 0.1) is 5.41 Å². The zero-order chi connectivity index (χ0) is 11.6. The van der Waals surface area contributed by atoms with Gasteiger partial charge in [0.25, 0.3) is 0 Å². The van der Waals surface area contributed by atoms with Crippen LogP contribution in [0.1, 0.15) is 40.5 Å². The highest BCUT2D eigenvalue weighted by molar-refractivity contribution is 6.12. The number of Topliss-reactive ketones (excluding diaryl/α,β-unsaturated/α-hetero) is 1. The van der Waals surface area contributed by atoms with Gasteiger partial charge in [0.05, 0.1) is 0 Å². The second-order valence-corrected chi connectivity index (χ2v) is 4.67. The van der Waals surface area contributed by atoms with Gasteiger partial charge >= 0.3 is 0 Å². The zero-order valence-corrected chi connectivity index (χ0v) is 9.89. The molecule has 0 spiro atoms. The lowest BCUT2D eigenvalue weighted by Crippen LogP contribution is -2.29. The molecule has 2 nitrogen and oxygen atoms in total. The van der Waals surface area contributed by atoms with E-state index in [1.54, 1.807) is 19.1 Å². The van der Waals surface area contributed by atoms with Gasteiger partial charge in [-0.3, -0.25) is 9.59 Å². The summed E-state index contributed by atoms with van der Waals surface area (Å²) >= 11 is 0. The van der Waals surface area contributed by atoms with Crippen molar-refractivity contribution in [1.82, 2.24) is 0 Å². The van der Waals surface area contributed by atoms with Crippen LogP contribution in [0.4, 0.5) is 0 Å². The van der Waals surface area contributed by atoms with Crippen molar-refractivity contribution >= 4 is 11.6 Å². The van der Waals surface area contributed by atoms with Crippen LogP contribution >= 0.6 is 0 Å².